The van der Waals surface area contributed by atoms with E-state index in [0.29, 0.717) is 4.99 Å². The summed E-state index contributed by atoms with van der Waals surface area (Å²) in [5.41, 5.74) is -0.581. The number of nitro groups is 2. The van der Waals surface area contributed by atoms with E-state index in [9.17, 15) is 25.5 Å². The fourth-order valence-electron chi connectivity index (χ4n) is 3.13. The zero-order chi connectivity index (χ0) is 20.4. The quantitative estimate of drug-likeness (QED) is 0.259. The van der Waals surface area contributed by atoms with Gasteiger partial charge in [-0.15, -0.1) is 12.6 Å². The maximum Gasteiger partial charge on any atom is 0.280 e. The predicted octanol–water partition coefficient (Wildman–Crippen LogP) is 2.71. The lowest BCUT2D eigenvalue weighted by Crippen LogP contribution is -2.52. The van der Waals surface area contributed by atoms with Gasteiger partial charge in [-0.2, -0.15) is 9.83 Å². The molecule has 1 aliphatic rings. The molecule has 1 aliphatic heterocycles. The zero-order valence-corrected chi connectivity index (χ0v) is 15.8. The lowest BCUT2D eigenvalue weighted by Gasteiger charge is -2.29. The molecule has 2 heterocycles. The molecule has 140 valence electrons. The molecule has 1 N–H and O–H groups in total. The Bertz CT molecular complexity index is 1060. The first-order chi connectivity index (χ1) is 13.3. The summed E-state index contributed by atoms with van der Waals surface area (Å²) in [6.45, 7) is 0. The fraction of sp³-hybridized carbons (Fsp3) is 0.118. The lowest BCUT2D eigenvalue weighted by atomic mass is 9.82. The third-order valence-corrected chi connectivity index (χ3v) is 5.03. The molecule has 1 aromatic carbocycles. The molecule has 2 aromatic rings. The van der Waals surface area contributed by atoms with E-state index in [1.807, 2.05) is 6.07 Å². The van der Waals surface area contributed by atoms with Gasteiger partial charge in [0, 0.05) is 23.8 Å². The summed E-state index contributed by atoms with van der Waals surface area (Å²) in [5, 5.41) is 35.4. The van der Waals surface area contributed by atoms with E-state index in [-0.39, 0.29) is 16.2 Å². The Kier molecular flexibility index (Phi) is 5.34. The van der Waals surface area contributed by atoms with Crippen molar-refractivity contribution in [1.29, 1.82) is 5.26 Å². The van der Waals surface area contributed by atoms with Crippen LogP contribution in [0.2, 0.25) is 0 Å². The number of thiol groups is 1. The second-order valence-electron chi connectivity index (χ2n) is 5.87. The number of nitrogens with zero attached hydrogens (tertiary/aromatic N) is 4. The molecule has 0 amide bonds. The molecule has 2 atom stereocenters. The van der Waals surface area contributed by atoms with E-state index >= 15 is 0 Å². The summed E-state index contributed by atoms with van der Waals surface area (Å²) < 4.78 is 1.72. The lowest BCUT2D eigenvalue weighted by molar-refractivity contribution is -0.708. The molecule has 28 heavy (non-hydrogen) atoms. The highest BCUT2D eigenvalue weighted by atomic mass is 32.1. The van der Waals surface area contributed by atoms with Crippen LogP contribution in [0.4, 0.5) is 11.4 Å². The number of aromatic nitrogens is 1. The Morgan fingerprint density at radius 2 is 1.86 bits per heavy atom. The van der Waals surface area contributed by atoms with Crippen LogP contribution in [0.15, 0.2) is 59.4 Å². The third kappa shape index (κ3) is 3.42. The largest absolute Gasteiger partial charge is 0.339 e. The van der Waals surface area contributed by atoms with Crippen molar-refractivity contribution in [2.75, 3.05) is 0 Å². The van der Waals surface area contributed by atoms with E-state index in [1.165, 1.54) is 12.1 Å². The Balaban J connectivity index is 2.29. The van der Waals surface area contributed by atoms with Gasteiger partial charge in [0.1, 0.15) is 0 Å². The number of hydrogen-bond donors (Lipinski definition) is 2. The Morgan fingerprint density at radius 1 is 1.18 bits per heavy atom. The van der Waals surface area contributed by atoms with Gasteiger partial charge in [0.15, 0.2) is 17.4 Å². The topological polar surface area (TPSA) is 126 Å². The van der Waals surface area contributed by atoms with Crippen LogP contribution in [-0.4, -0.2) is 14.8 Å². The second-order valence-corrected chi connectivity index (χ2v) is 6.75. The Labute approximate surface area is 169 Å². The highest BCUT2D eigenvalue weighted by molar-refractivity contribution is 7.85. The number of benzene rings is 1. The average molecular weight is 414 g/mol. The zero-order valence-electron chi connectivity index (χ0n) is 14.1. The highest BCUT2D eigenvalue weighted by Crippen LogP contribution is 2.42. The SMILES string of the molecule is N#CC1=C(S)NC(=S)[C@@H]([n+]2ccccc2)[C@H]1c1ccc([N+](=O)[O-])cc1[N+](=O)[O-]. The van der Waals surface area contributed by atoms with Gasteiger partial charge in [-0.05, 0) is 6.07 Å². The van der Waals surface area contributed by atoms with Crippen LogP contribution < -0.4 is 9.88 Å². The van der Waals surface area contributed by atoms with Gasteiger partial charge in [0.05, 0.1) is 38.5 Å². The summed E-state index contributed by atoms with van der Waals surface area (Å²) in [6, 6.07) is 10.1. The van der Waals surface area contributed by atoms with Gasteiger partial charge in [0.2, 0.25) is 6.04 Å². The first-order valence-corrected chi connectivity index (χ1v) is 8.73. The number of hydrogen-bond acceptors (Lipinski definition) is 7. The molecule has 0 unspecified atom stereocenters. The molecular formula is C17H12N5O4S2+. The van der Waals surface area contributed by atoms with Gasteiger partial charge >= 0.3 is 0 Å². The smallest absolute Gasteiger partial charge is 0.280 e. The van der Waals surface area contributed by atoms with Crippen molar-refractivity contribution < 1.29 is 14.4 Å². The number of allylic oxidation sites excluding steroid dienone is 1. The van der Waals surface area contributed by atoms with Crippen molar-refractivity contribution in [2.24, 2.45) is 0 Å². The number of non-ortho nitro benzene ring substituents is 1. The molecule has 0 bridgehead atoms. The Hall–Kier alpha value is -3.36. The maximum absolute atomic E-state index is 11.7. The van der Waals surface area contributed by atoms with Crippen LogP contribution in [0.3, 0.4) is 0 Å². The van der Waals surface area contributed by atoms with Crippen LogP contribution >= 0.6 is 24.8 Å². The standard InChI is InChI=1S/C17H11N5O4S2/c18-9-12-14(11-5-4-10(21(23)24)8-13(11)22(25)26)15(17(28)19-16(12)27)20-6-2-1-3-7-20/h1-8,14-15H,(H-,19,27,28)/p+1/t14-,15-/m0/s1. The summed E-state index contributed by atoms with van der Waals surface area (Å²) in [6.07, 6.45) is 3.45. The summed E-state index contributed by atoms with van der Waals surface area (Å²) in [7, 11) is 0. The molecule has 0 aliphatic carbocycles. The molecule has 0 saturated heterocycles. The molecule has 0 saturated carbocycles. The minimum Gasteiger partial charge on any atom is -0.339 e. The monoisotopic (exact) mass is 414 g/mol. The number of rotatable bonds is 4. The average Bonchev–Trinajstić information content (AvgIpc) is 2.67. The van der Waals surface area contributed by atoms with Gasteiger partial charge in [-0.3, -0.25) is 20.2 Å². The predicted molar refractivity (Wildman–Crippen MR) is 106 cm³/mol. The molecule has 1 aromatic heterocycles. The van der Waals surface area contributed by atoms with Crippen molar-refractivity contribution in [3.63, 3.8) is 0 Å². The van der Waals surface area contributed by atoms with Crippen molar-refractivity contribution >= 4 is 41.2 Å². The van der Waals surface area contributed by atoms with E-state index in [4.69, 9.17) is 12.2 Å². The number of pyridine rings is 1. The van der Waals surface area contributed by atoms with Crippen molar-refractivity contribution in [3.8, 4) is 6.07 Å². The van der Waals surface area contributed by atoms with Crippen LogP contribution in [0, 0.1) is 31.6 Å². The van der Waals surface area contributed by atoms with Crippen LogP contribution in [0.5, 0.6) is 0 Å². The Morgan fingerprint density at radius 3 is 2.43 bits per heavy atom. The molecule has 3 rings (SSSR count). The normalized spacial score (nSPS) is 18.9. The first kappa shape index (κ1) is 19.4. The van der Waals surface area contributed by atoms with E-state index in [0.717, 1.165) is 6.07 Å². The third-order valence-electron chi connectivity index (χ3n) is 4.33. The van der Waals surface area contributed by atoms with E-state index in [1.54, 1.807) is 35.2 Å². The molecule has 11 heteroatoms. The minimum absolute atomic E-state index is 0.143. The van der Waals surface area contributed by atoms with Crippen LogP contribution in [0.25, 0.3) is 0 Å². The van der Waals surface area contributed by atoms with E-state index < -0.39 is 33.2 Å². The van der Waals surface area contributed by atoms with Crippen LogP contribution in [-0.2, 0) is 0 Å². The molecule has 0 radical (unpaired) electrons. The van der Waals surface area contributed by atoms with E-state index in [2.05, 4.69) is 17.9 Å². The summed E-state index contributed by atoms with van der Waals surface area (Å²) >= 11 is 9.71. The van der Waals surface area contributed by atoms with Gasteiger partial charge in [0.25, 0.3) is 11.4 Å². The van der Waals surface area contributed by atoms with Crippen LogP contribution in [0.1, 0.15) is 17.5 Å². The maximum atomic E-state index is 11.7. The summed E-state index contributed by atoms with van der Waals surface area (Å²) in [4.78, 5) is 21.6. The number of nitrogens with one attached hydrogen (secondary N) is 1. The summed E-state index contributed by atoms with van der Waals surface area (Å²) in [5.74, 6) is -0.847. The van der Waals surface area contributed by atoms with Gasteiger partial charge in [-0.1, -0.05) is 18.3 Å². The van der Waals surface area contributed by atoms with Crippen molar-refractivity contribution in [1.82, 2.24) is 5.32 Å². The van der Waals surface area contributed by atoms with Gasteiger partial charge in [-0.25, -0.2) is 0 Å². The minimum atomic E-state index is -0.847. The van der Waals surface area contributed by atoms with Gasteiger partial charge < -0.3 is 5.32 Å². The molecule has 0 fully saturated rings. The number of nitro benzene ring substituents is 2. The van der Waals surface area contributed by atoms with Crippen molar-refractivity contribution in [3.05, 3.63) is 85.2 Å². The number of nitriles is 1. The molecule has 0 spiro atoms. The number of thiocarbonyl (C=S) groups is 1. The molecular weight excluding hydrogens is 402 g/mol. The second kappa shape index (κ2) is 7.71. The molecule has 9 nitrogen and oxygen atoms in total. The fourth-order valence-corrected chi connectivity index (χ4v) is 3.88. The van der Waals surface area contributed by atoms with Crippen molar-refractivity contribution in [2.45, 2.75) is 12.0 Å². The highest BCUT2D eigenvalue weighted by Gasteiger charge is 2.45. The first-order valence-electron chi connectivity index (χ1n) is 7.87.